The third-order valence-electron chi connectivity index (χ3n) is 2.24. The van der Waals surface area contributed by atoms with Gasteiger partial charge in [-0.05, 0) is 6.07 Å². The molecule has 0 fully saturated rings. The van der Waals surface area contributed by atoms with E-state index in [1.54, 1.807) is 0 Å². The number of carbonyl (C=O) groups is 1. The lowest BCUT2D eigenvalue weighted by Gasteiger charge is -2.05. The molecule has 2 N–H and O–H groups in total. The van der Waals surface area contributed by atoms with Crippen molar-refractivity contribution < 1.29 is 14.8 Å². The van der Waals surface area contributed by atoms with E-state index in [1.807, 2.05) is 0 Å². The highest BCUT2D eigenvalue weighted by Gasteiger charge is 2.10. The molecule has 0 aliphatic rings. The van der Waals surface area contributed by atoms with Crippen molar-refractivity contribution in [1.29, 1.82) is 0 Å². The van der Waals surface area contributed by atoms with Crippen molar-refractivity contribution in [2.75, 3.05) is 11.9 Å². The number of rotatable bonds is 4. The predicted molar refractivity (Wildman–Crippen MR) is 62.3 cm³/mol. The number of hydrogen-bond acceptors (Lipinski definition) is 6. The molecule has 0 aliphatic carbocycles. The van der Waals surface area contributed by atoms with Crippen molar-refractivity contribution in [3.8, 4) is 0 Å². The maximum Gasteiger partial charge on any atom is 0.322 e. The summed E-state index contributed by atoms with van der Waals surface area (Å²) in [7, 11) is 0. The third-order valence-corrected chi connectivity index (χ3v) is 2.24. The fourth-order valence-electron chi connectivity index (χ4n) is 1.46. The first-order valence-electron chi connectivity index (χ1n) is 4.93. The summed E-state index contributed by atoms with van der Waals surface area (Å²) in [6, 6.07) is 4.12. The van der Waals surface area contributed by atoms with Gasteiger partial charge in [0.2, 0.25) is 0 Å². The van der Waals surface area contributed by atoms with Crippen LogP contribution in [0.4, 0.5) is 11.5 Å². The summed E-state index contributed by atoms with van der Waals surface area (Å²) in [6.45, 7) is -0.325. The van der Waals surface area contributed by atoms with Crippen molar-refractivity contribution >= 4 is 28.4 Å². The van der Waals surface area contributed by atoms with E-state index in [0.29, 0.717) is 10.9 Å². The second-order valence-corrected chi connectivity index (χ2v) is 3.43. The minimum atomic E-state index is -1.05. The van der Waals surface area contributed by atoms with Gasteiger partial charge in [-0.3, -0.25) is 14.9 Å². The molecule has 0 spiro atoms. The zero-order valence-corrected chi connectivity index (χ0v) is 9.03. The third kappa shape index (κ3) is 2.32. The Morgan fingerprint density at radius 2 is 2.22 bits per heavy atom. The van der Waals surface area contributed by atoms with Crippen LogP contribution in [0.1, 0.15) is 0 Å². The molecule has 0 bridgehead atoms. The van der Waals surface area contributed by atoms with E-state index in [2.05, 4.69) is 15.3 Å². The molecule has 0 saturated heterocycles. The highest BCUT2D eigenvalue weighted by molar-refractivity contribution is 5.91. The van der Waals surface area contributed by atoms with Gasteiger partial charge in [0, 0.05) is 17.5 Å². The highest BCUT2D eigenvalue weighted by atomic mass is 16.6. The van der Waals surface area contributed by atoms with Crippen molar-refractivity contribution in [3.63, 3.8) is 0 Å². The largest absolute Gasteiger partial charge is 0.480 e. The van der Waals surface area contributed by atoms with Gasteiger partial charge in [0.1, 0.15) is 18.7 Å². The summed E-state index contributed by atoms with van der Waals surface area (Å²) in [6.07, 6.45) is 1.26. The Bertz CT molecular complexity index is 628. The van der Waals surface area contributed by atoms with Crippen LogP contribution in [0.15, 0.2) is 24.5 Å². The van der Waals surface area contributed by atoms with Gasteiger partial charge in [0.05, 0.1) is 10.4 Å². The number of nitrogens with one attached hydrogen (secondary N) is 1. The van der Waals surface area contributed by atoms with Crippen molar-refractivity contribution in [2.24, 2.45) is 0 Å². The van der Waals surface area contributed by atoms with Crippen LogP contribution in [0.2, 0.25) is 0 Å². The van der Waals surface area contributed by atoms with E-state index in [4.69, 9.17) is 5.11 Å². The first-order valence-corrected chi connectivity index (χ1v) is 4.93. The van der Waals surface area contributed by atoms with Gasteiger partial charge in [-0.25, -0.2) is 9.97 Å². The van der Waals surface area contributed by atoms with E-state index < -0.39 is 10.9 Å². The van der Waals surface area contributed by atoms with Crippen LogP contribution in [0.3, 0.4) is 0 Å². The molecule has 1 aromatic carbocycles. The van der Waals surface area contributed by atoms with Crippen LogP contribution in [-0.2, 0) is 4.79 Å². The maximum absolute atomic E-state index is 10.7. The molecule has 1 heterocycles. The Morgan fingerprint density at radius 1 is 1.44 bits per heavy atom. The highest BCUT2D eigenvalue weighted by Crippen LogP contribution is 2.23. The lowest BCUT2D eigenvalue weighted by Crippen LogP contribution is -2.13. The molecule has 0 amide bonds. The first-order chi connectivity index (χ1) is 8.58. The first kappa shape index (κ1) is 11.7. The second-order valence-electron chi connectivity index (χ2n) is 3.43. The minimum absolute atomic E-state index is 0.101. The summed E-state index contributed by atoms with van der Waals surface area (Å²) in [4.78, 5) is 28.4. The number of aromatic nitrogens is 2. The van der Waals surface area contributed by atoms with Gasteiger partial charge in [-0.1, -0.05) is 0 Å². The number of nitro benzene ring substituents is 1. The van der Waals surface area contributed by atoms with Crippen molar-refractivity contribution in [2.45, 2.75) is 0 Å². The number of anilines is 1. The maximum atomic E-state index is 10.7. The summed E-state index contributed by atoms with van der Waals surface area (Å²) in [5.74, 6) is -0.793. The molecule has 0 saturated carbocycles. The van der Waals surface area contributed by atoms with E-state index in [0.717, 1.165) is 0 Å². The Hall–Kier alpha value is -2.77. The Balaban J connectivity index is 2.48. The lowest BCUT2D eigenvalue weighted by molar-refractivity contribution is -0.384. The summed E-state index contributed by atoms with van der Waals surface area (Å²) >= 11 is 0. The lowest BCUT2D eigenvalue weighted by atomic mass is 10.2. The Labute approximate surface area is 100 Å². The average molecular weight is 248 g/mol. The van der Waals surface area contributed by atoms with Crippen LogP contribution in [0.5, 0.6) is 0 Å². The number of aliphatic carboxylic acids is 1. The van der Waals surface area contributed by atoms with E-state index in [-0.39, 0.29) is 18.1 Å². The number of carboxylic acids is 1. The molecule has 2 aromatic rings. The SMILES string of the molecule is O=C(O)CNc1ncnc2ccc([N+](=O)[O-])cc12. The summed E-state index contributed by atoms with van der Waals surface area (Å²) in [5, 5.41) is 22.2. The van der Waals surface area contributed by atoms with Gasteiger partial charge in [-0.15, -0.1) is 0 Å². The molecule has 1 aromatic heterocycles. The topological polar surface area (TPSA) is 118 Å². The second kappa shape index (κ2) is 4.62. The molecule has 0 aliphatic heterocycles. The van der Waals surface area contributed by atoms with Gasteiger partial charge < -0.3 is 10.4 Å². The van der Waals surface area contributed by atoms with Gasteiger partial charge >= 0.3 is 5.97 Å². The molecular weight excluding hydrogens is 240 g/mol. The number of carboxylic acid groups (broad SMARTS) is 1. The quantitative estimate of drug-likeness (QED) is 0.612. The normalized spacial score (nSPS) is 10.2. The van der Waals surface area contributed by atoms with Crippen LogP contribution < -0.4 is 5.32 Å². The molecule has 8 heteroatoms. The number of benzene rings is 1. The van der Waals surface area contributed by atoms with Gasteiger partial charge in [0.15, 0.2) is 0 Å². The smallest absolute Gasteiger partial charge is 0.322 e. The number of nitrogens with zero attached hydrogens (tertiary/aromatic N) is 3. The van der Waals surface area contributed by atoms with E-state index >= 15 is 0 Å². The van der Waals surface area contributed by atoms with Crippen molar-refractivity contribution in [1.82, 2.24) is 9.97 Å². The standard InChI is InChI=1S/C10H8N4O4/c15-9(16)4-11-10-7-3-6(14(17)18)1-2-8(7)12-5-13-10/h1-3,5H,4H2,(H,15,16)(H,11,12,13). The molecule has 2 rings (SSSR count). The van der Waals surface area contributed by atoms with E-state index in [1.165, 1.54) is 24.5 Å². The number of fused-ring (bicyclic) bond motifs is 1. The fraction of sp³-hybridized carbons (Fsp3) is 0.100. The number of hydrogen-bond donors (Lipinski definition) is 2. The zero-order valence-electron chi connectivity index (χ0n) is 9.03. The van der Waals surface area contributed by atoms with Crippen LogP contribution in [-0.4, -0.2) is 32.5 Å². The van der Waals surface area contributed by atoms with Crippen molar-refractivity contribution in [3.05, 3.63) is 34.6 Å². The summed E-state index contributed by atoms with van der Waals surface area (Å²) < 4.78 is 0. The molecular formula is C10H8N4O4. The predicted octanol–water partition coefficient (Wildman–Crippen LogP) is 1.03. The van der Waals surface area contributed by atoms with E-state index in [9.17, 15) is 14.9 Å². The number of non-ortho nitro benzene ring substituents is 1. The molecule has 8 nitrogen and oxygen atoms in total. The molecule has 18 heavy (non-hydrogen) atoms. The zero-order chi connectivity index (χ0) is 13.1. The molecule has 0 unspecified atom stereocenters. The Morgan fingerprint density at radius 3 is 2.89 bits per heavy atom. The van der Waals surface area contributed by atoms with Crippen LogP contribution in [0, 0.1) is 10.1 Å². The number of nitro groups is 1. The summed E-state index contributed by atoms with van der Waals surface area (Å²) in [5.41, 5.74) is 0.402. The molecule has 0 radical (unpaired) electrons. The monoisotopic (exact) mass is 248 g/mol. The van der Waals surface area contributed by atoms with Gasteiger partial charge in [-0.2, -0.15) is 0 Å². The average Bonchev–Trinajstić information content (AvgIpc) is 2.35. The molecule has 0 atom stereocenters. The Kier molecular flexibility index (Phi) is 3.00. The minimum Gasteiger partial charge on any atom is -0.480 e. The fourth-order valence-corrected chi connectivity index (χ4v) is 1.46. The van der Waals surface area contributed by atoms with Crippen LogP contribution >= 0.6 is 0 Å². The van der Waals surface area contributed by atoms with Crippen LogP contribution in [0.25, 0.3) is 10.9 Å². The molecule has 92 valence electrons. The van der Waals surface area contributed by atoms with Gasteiger partial charge in [0.25, 0.3) is 5.69 Å².